The highest BCUT2D eigenvalue weighted by Gasteiger charge is 2.21. The van der Waals surface area contributed by atoms with Crippen LogP contribution in [0.2, 0.25) is 0 Å². The predicted octanol–water partition coefficient (Wildman–Crippen LogP) is 3.61. The van der Waals surface area contributed by atoms with Gasteiger partial charge in [0.25, 0.3) is 5.69 Å². The van der Waals surface area contributed by atoms with Crippen LogP contribution in [-0.2, 0) is 19.5 Å². The van der Waals surface area contributed by atoms with Crippen LogP contribution in [0.25, 0.3) is 11.4 Å². The number of nitro groups is 1. The molecule has 6 heteroatoms. The highest BCUT2D eigenvalue weighted by Crippen LogP contribution is 2.24. The lowest BCUT2D eigenvalue weighted by atomic mass is 10.1. The number of nitrogens with zero attached hydrogens (tertiary/aromatic N) is 4. The van der Waals surface area contributed by atoms with Crippen LogP contribution < -0.4 is 0 Å². The molecule has 26 heavy (non-hydrogen) atoms. The minimum Gasteiger partial charge on any atom is -0.294 e. The Morgan fingerprint density at radius 1 is 1.08 bits per heavy atom. The van der Waals surface area contributed by atoms with Gasteiger partial charge in [-0.25, -0.2) is 9.97 Å². The average molecular weight is 346 g/mol. The van der Waals surface area contributed by atoms with Gasteiger partial charge in [0.05, 0.1) is 10.6 Å². The molecule has 0 N–H and O–H groups in total. The van der Waals surface area contributed by atoms with E-state index >= 15 is 0 Å². The molecule has 1 aromatic heterocycles. The average Bonchev–Trinajstić information content (AvgIpc) is 2.68. The Hall–Kier alpha value is -3.12. The summed E-state index contributed by atoms with van der Waals surface area (Å²) in [6.45, 7) is 2.08. The fourth-order valence-electron chi connectivity index (χ4n) is 3.30. The number of hydrogen-bond donors (Lipinski definition) is 0. The Labute approximate surface area is 151 Å². The maximum atomic E-state index is 11.2. The quantitative estimate of drug-likeness (QED) is 0.533. The molecule has 130 valence electrons. The van der Waals surface area contributed by atoms with Gasteiger partial charge in [-0.15, -0.1) is 0 Å². The van der Waals surface area contributed by atoms with Crippen molar-refractivity contribution in [1.82, 2.24) is 14.9 Å². The number of nitro benzene ring substituents is 1. The molecule has 0 radical (unpaired) electrons. The number of hydrogen-bond acceptors (Lipinski definition) is 5. The first-order valence-electron chi connectivity index (χ1n) is 8.55. The summed E-state index contributed by atoms with van der Waals surface area (Å²) in [5.74, 6) is 0.747. The van der Waals surface area contributed by atoms with Crippen molar-refractivity contribution in [2.45, 2.75) is 19.5 Å². The third-order valence-corrected chi connectivity index (χ3v) is 4.63. The molecule has 3 aromatic rings. The molecule has 0 bridgehead atoms. The van der Waals surface area contributed by atoms with Gasteiger partial charge >= 0.3 is 0 Å². The molecular formula is C20H18N4O2. The zero-order valence-corrected chi connectivity index (χ0v) is 14.2. The zero-order valence-electron chi connectivity index (χ0n) is 14.2. The third kappa shape index (κ3) is 3.32. The van der Waals surface area contributed by atoms with Gasteiger partial charge in [-0.3, -0.25) is 15.0 Å². The first kappa shape index (κ1) is 16.4. The van der Waals surface area contributed by atoms with E-state index in [0.29, 0.717) is 13.1 Å². The maximum Gasteiger partial charge on any atom is 0.273 e. The van der Waals surface area contributed by atoms with E-state index < -0.39 is 0 Å². The largest absolute Gasteiger partial charge is 0.294 e. The first-order valence-corrected chi connectivity index (χ1v) is 8.55. The second kappa shape index (κ2) is 7.01. The fraction of sp³-hybridized carbons (Fsp3) is 0.200. The molecule has 2 heterocycles. The normalized spacial score (nSPS) is 14.0. The number of fused-ring (bicyclic) bond motifs is 1. The van der Waals surface area contributed by atoms with Crippen molar-refractivity contribution >= 4 is 5.69 Å². The van der Waals surface area contributed by atoms with Gasteiger partial charge in [-0.1, -0.05) is 48.5 Å². The lowest BCUT2D eigenvalue weighted by Crippen LogP contribution is -2.31. The van der Waals surface area contributed by atoms with Crippen LogP contribution >= 0.6 is 0 Å². The Kier molecular flexibility index (Phi) is 4.41. The number of rotatable bonds is 4. The summed E-state index contributed by atoms with van der Waals surface area (Å²) in [6.07, 6.45) is 2.70. The maximum absolute atomic E-state index is 11.2. The Balaban J connectivity index is 1.53. The third-order valence-electron chi connectivity index (χ3n) is 4.63. The standard InChI is InChI=1S/C20H18N4O2/c25-24(26)19-9-5-4-8-16(19)13-23-11-10-18-17(14-23)12-21-20(22-18)15-6-2-1-3-7-15/h1-9,12H,10-11,13-14H2. The van der Waals surface area contributed by atoms with E-state index in [0.717, 1.165) is 41.2 Å². The smallest absolute Gasteiger partial charge is 0.273 e. The fourth-order valence-corrected chi connectivity index (χ4v) is 3.30. The monoisotopic (exact) mass is 346 g/mol. The molecule has 0 atom stereocenters. The molecule has 6 nitrogen and oxygen atoms in total. The van der Waals surface area contributed by atoms with Crippen LogP contribution in [0.15, 0.2) is 60.8 Å². The molecule has 0 aliphatic carbocycles. The van der Waals surface area contributed by atoms with Crippen molar-refractivity contribution < 1.29 is 4.92 Å². The Morgan fingerprint density at radius 3 is 2.65 bits per heavy atom. The van der Waals surface area contributed by atoms with Gasteiger partial charge < -0.3 is 0 Å². The molecule has 1 aliphatic heterocycles. The summed E-state index contributed by atoms with van der Waals surface area (Å²) in [5.41, 5.74) is 4.08. The van der Waals surface area contributed by atoms with E-state index in [2.05, 4.69) is 9.88 Å². The van der Waals surface area contributed by atoms with Crippen LogP contribution in [-0.4, -0.2) is 26.3 Å². The van der Waals surface area contributed by atoms with Crippen molar-refractivity contribution in [2.24, 2.45) is 0 Å². The van der Waals surface area contributed by atoms with E-state index in [4.69, 9.17) is 4.98 Å². The molecule has 0 unspecified atom stereocenters. The lowest BCUT2D eigenvalue weighted by Gasteiger charge is -2.28. The van der Waals surface area contributed by atoms with Crippen molar-refractivity contribution in [3.63, 3.8) is 0 Å². The second-order valence-corrected chi connectivity index (χ2v) is 6.38. The van der Waals surface area contributed by atoms with Gasteiger partial charge in [0.1, 0.15) is 0 Å². The van der Waals surface area contributed by atoms with Crippen LogP contribution in [0.4, 0.5) is 5.69 Å². The minimum atomic E-state index is -0.317. The van der Waals surface area contributed by atoms with Gasteiger partial charge in [0.15, 0.2) is 5.82 Å². The summed E-state index contributed by atoms with van der Waals surface area (Å²) in [5, 5.41) is 11.2. The second-order valence-electron chi connectivity index (χ2n) is 6.38. The van der Waals surface area contributed by atoms with Gasteiger partial charge in [0, 0.05) is 55.0 Å². The SMILES string of the molecule is O=[N+]([O-])c1ccccc1CN1CCc2nc(-c3ccccc3)ncc2C1. The molecule has 1 aliphatic rings. The predicted molar refractivity (Wildman–Crippen MR) is 98.4 cm³/mol. The molecule has 0 amide bonds. The molecule has 0 spiro atoms. The molecule has 0 saturated heterocycles. The topological polar surface area (TPSA) is 72.2 Å². The van der Waals surface area contributed by atoms with Crippen molar-refractivity contribution in [3.8, 4) is 11.4 Å². The number of aromatic nitrogens is 2. The summed E-state index contributed by atoms with van der Waals surface area (Å²) >= 11 is 0. The molecule has 0 saturated carbocycles. The van der Waals surface area contributed by atoms with E-state index in [1.165, 1.54) is 0 Å². The van der Waals surface area contributed by atoms with Crippen molar-refractivity contribution in [2.75, 3.05) is 6.54 Å². The van der Waals surface area contributed by atoms with Crippen molar-refractivity contribution in [3.05, 3.63) is 87.7 Å². The first-order chi connectivity index (χ1) is 12.7. The highest BCUT2D eigenvalue weighted by atomic mass is 16.6. The van der Waals surface area contributed by atoms with Gasteiger partial charge in [0.2, 0.25) is 0 Å². The zero-order chi connectivity index (χ0) is 17.9. The number of benzene rings is 2. The van der Waals surface area contributed by atoms with E-state index in [9.17, 15) is 10.1 Å². The summed E-state index contributed by atoms with van der Waals surface area (Å²) in [6, 6.07) is 16.9. The summed E-state index contributed by atoms with van der Waals surface area (Å²) in [7, 11) is 0. The Bertz CT molecular complexity index is 944. The molecular weight excluding hydrogens is 328 g/mol. The van der Waals surface area contributed by atoms with Crippen LogP contribution in [0, 0.1) is 10.1 Å². The summed E-state index contributed by atoms with van der Waals surface area (Å²) in [4.78, 5) is 22.3. The van der Waals surface area contributed by atoms with E-state index in [1.807, 2.05) is 48.7 Å². The highest BCUT2D eigenvalue weighted by molar-refractivity contribution is 5.54. The Morgan fingerprint density at radius 2 is 1.85 bits per heavy atom. The van der Waals surface area contributed by atoms with Crippen LogP contribution in [0.5, 0.6) is 0 Å². The molecule has 4 rings (SSSR count). The van der Waals surface area contributed by atoms with Gasteiger partial charge in [-0.05, 0) is 0 Å². The van der Waals surface area contributed by atoms with Gasteiger partial charge in [-0.2, -0.15) is 0 Å². The molecule has 0 fully saturated rings. The van der Waals surface area contributed by atoms with Crippen molar-refractivity contribution in [1.29, 1.82) is 0 Å². The van der Waals surface area contributed by atoms with E-state index in [1.54, 1.807) is 12.1 Å². The number of para-hydroxylation sites is 1. The van der Waals surface area contributed by atoms with Crippen LogP contribution in [0.3, 0.4) is 0 Å². The lowest BCUT2D eigenvalue weighted by molar-refractivity contribution is -0.385. The van der Waals surface area contributed by atoms with E-state index in [-0.39, 0.29) is 10.6 Å². The van der Waals surface area contributed by atoms with Crippen LogP contribution in [0.1, 0.15) is 16.8 Å². The minimum absolute atomic E-state index is 0.175. The summed E-state index contributed by atoms with van der Waals surface area (Å²) < 4.78 is 0. The molecule has 2 aromatic carbocycles.